The summed E-state index contributed by atoms with van der Waals surface area (Å²) in [4.78, 5) is 23.7. The molecule has 1 fully saturated rings. The van der Waals surface area contributed by atoms with Crippen LogP contribution < -0.4 is 10.6 Å². The molecule has 122 valence electrons. The van der Waals surface area contributed by atoms with Crippen molar-refractivity contribution in [1.82, 2.24) is 20.5 Å². The molecule has 1 aromatic heterocycles. The third kappa shape index (κ3) is 4.43. The van der Waals surface area contributed by atoms with Crippen LogP contribution in [-0.4, -0.2) is 47.9 Å². The average Bonchev–Trinajstić information content (AvgIpc) is 2.79. The van der Waals surface area contributed by atoms with Crippen LogP contribution >= 0.6 is 11.3 Å². The molecule has 2 N–H and O–H groups in total. The van der Waals surface area contributed by atoms with E-state index in [0.29, 0.717) is 13.0 Å². The number of aromatic nitrogens is 1. The minimum Gasteiger partial charge on any atom is -0.357 e. The smallest absolute Gasteiger partial charge is 0.222 e. The van der Waals surface area contributed by atoms with Crippen LogP contribution in [0.5, 0.6) is 0 Å². The van der Waals surface area contributed by atoms with Crippen molar-refractivity contribution in [3.63, 3.8) is 0 Å². The molecule has 1 amide bonds. The van der Waals surface area contributed by atoms with Crippen LogP contribution in [0.15, 0.2) is 4.99 Å². The zero-order valence-electron chi connectivity index (χ0n) is 13.8. The Balaban J connectivity index is 1.96. The molecule has 7 heteroatoms. The van der Waals surface area contributed by atoms with E-state index >= 15 is 0 Å². The van der Waals surface area contributed by atoms with Gasteiger partial charge in [-0.3, -0.25) is 4.79 Å². The molecule has 1 saturated heterocycles. The SMILES string of the molecule is CCNC(=NCc1nc(C)c(C)s1)NC1CCC(=O)N(C)C1. The number of likely N-dealkylation sites (tertiary alicyclic amines) is 1. The van der Waals surface area contributed by atoms with E-state index in [1.54, 1.807) is 16.2 Å². The Morgan fingerprint density at radius 2 is 2.27 bits per heavy atom. The maximum atomic E-state index is 11.5. The molecule has 22 heavy (non-hydrogen) atoms. The molecular formula is C15H25N5OS. The van der Waals surface area contributed by atoms with Gasteiger partial charge in [0.1, 0.15) is 5.01 Å². The Hall–Kier alpha value is -1.63. The summed E-state index contributed by atoms with van der Waals surface area (Å²) in [7, 11) is 1.85. The molecule has 0 aromatic carbocycles. The first kappa shape index (κ1) is 16.7. The van der Waals surface area contributed by atoms with Crippen molar-refractivity contribution in [3.8, 4) is 0 Å². The quantitative estimate of drug-likeness (QED) is 0.650. The number of nitrogens with zero attached hydrogens (tertiary/aromatic N) is 3. The lowest BCUT2D eigenvalue weighted by molar-refractivity contribution is -0.132. The predicted molar refractivity (Wildman–Crippen MR) is 90.2 cm³/mol. The number of rotatable bonds is 4. The number of nitrogens with one attached hydrogen (secondary N) is 2. The second-order valence-corrected chi connectivity index (χ2v) is 6.89. The number of aryl methyl sites for hydroxylation is 2. The van der Waals surface area contributed by atoms with Gasteiger partial charge in [-0.05, 0) is 27.2 Å². The molecule has 1 aliphatic heterocycles. The summed E-state index contributed by atoms with van der Waals surface area (Å²) in [5.74, 6) is 1.01. The van der Waals surface area contributed by atoms with Gasteiger partial charge in [0.15, 0.2) is 5.96 Å². The number of hydrogen-bond donors (Lipinski definition) is 2. The van der Waals surface area contributed by atoms with E-state index in [2.05, 4.69) is 27.5 Å². The molecule has 0 aliphatic carbocycles. The second kappa shape index (κ2) is 7.58. The van der Waals surface area contributed by atoms with Crippen molar-refractivity contribution >= 4 is 23.2 Å². The van der Waals surface area contributed by atoms with E-state index in [9.17, 15) is 4.79 Å². The van der Waals surface area contributed by atoms with Gasteiger partial charge in [0, 0.05) is 37.5 Å². The zero-order chi connectivity index (χ0) is 16.1. The molecule has 0 saturated carbocycles. The number of piperidine rings is 1. The summed E-state index contributed by atoms with van der Waals surface area (Å²) in [6, 6.07) is 0.250. The summed E-state index contributed by atoms with van der Waals surface area (Å²) in [5.41, 5.74) is 1.08. The average molecular weight is 323 g/mol. The number of carbonyl (C=O) groups is 1. The lowest BCUT2D eigenvalue weighted by atomic mass is 10.1. The normalized spacial score (nSPS) is 19.5. The van der Waals surface area contributed by atoms with Crippen molar-refractivity contribution in [2.24, 2.45) is 4.99 Å². The molecule has 1 aliphatic rings. The number of amides is 1. The molecule has 0 spiro atoms. The van der Waals surface area contributed by atoms with Crippen LogP contribution in [0.2, 0.25) is 0 Å². The summed E-state index contributed by atoms with van der Waals surface area (Å²) in [6.07, 6.45) is 1.45. The number of likely N-dealkylation sites (N-methyl/N-ethyl adjacent to an activating group) is 1. The summed E-state index contributed by atoms with van der Waals surface area (Å²) in [5, 5.41) is 7.71. The van der Waals surface area contributed by atoms with Gasteiger partial charge in [-0.15, -0.1) is 11.3 Å². The highest BCUT2D eigenvalue weighted by molar-refractivity contribution is 7.11. The highest BCUT2D eigenvalue weighted by Gasteiger charge is 2.23. The Morgan fingerprint density at radius 3 is 2.86 bits per heavy atom. The lowest BCUT2D eigenvalue weighted by Gasteiger charge is -2.31. The van der Waals surface area contributed by atoms with Crippen LogP contribution in [0.1, 0.15) is 35.3 Å². The maximum Gasteiger partial charge on any atom is 0.222 e. The standard InChI is InChI=1S/C15H25N5OS/c1-5-16-15(17-8-13-18-10(2)11(3)22-13)19-12-6-7-14(21)20(4)9-12/h12H,5-9H2,1-4H3,(H2,16,17,19). The van der Waals surface area contributed by atoms with E-state index in [-0.39, 0.29) is 11.9 Å². The second-order valence-electron chi connectivity index (χ2n) is 5.60. The van der Waals surface area contributed by atoms with Crippen molar-refractivity contribution in [2.45, 2.75) is 46.2 Å². The molecule has 0 radical (unpaired) electrons. The maximum absolute atomic E-state index is 11.5. The fourth-order valence-electron chi connectivity index (χ4n) is 2.40. The molecule has 2 rings (SSSR count). The first-order chi connectivity index (χ1) is 10.5. The van der Waals surface area contributed by atoms with Crippen molar-refractivity contribution < 1.29 is 4.79 Å². The number of guanidine groups is 1. The van der Waals surface area contributed by atoms with Gasteiger partial charge < -0.3 is 15.5 Å². The van der Waals surface area contributed by atoms with Gasteiger partial charge in [0.2, 0.25) is 5.91 Å². The van der Waals surface area contributed by atoms with Gasteiger partial charge in [-0.2, -0.15) is 0 Å². The first-order valence-corrected chi connectivity index (χ1v) is 8.53. The van der Waals surface area contributed by atoms with E-state index in [1.807, 2.05) is 20.9 Å². The zero-order valence-corrected chi connectivity index (χ0v) is 14.6. The van der Waals surface area contributed by atoms with Crippen LogP contribution in [0.4, 0.5) is 0 Å². The minimum atomic E-state index is 0.216. The monoisotopic (exact) mass is 323 g/mol. The van der Waals surface area contributed by atoms with Gasteiger partial charge in [-0.1, -0.05) is 0 Å². The number of carbonyl (C=O) groups excluding carboxylic acids is 1. The first-order valence-electron chi connectivity index (χ1n) is 7.71. The topological polar surface area (TPSA) is 69.6 Å². The van der Waals surface area contributed by atoms with Crippen molar-refractivity contribution in [3.05, 3.63) is 15.6 Å². The van der Waals surface area contributed by atoms with E-state index < -0.39 is 0 Å². The van der Waals surface area contributed by atoms with Crippen LogP contribution in [0.25, 0.3) is 0 Å². The van der Waals surface area contributed by atoms with Crippen LogP contribution in [0, 0.1) is 13.8 Å². The van der Waals surface area contributed by atoms with E-state index in [4.69, 9.17) is 0 Å². The van der Waals surface area contributed by atoms with Gasteiger partial charge in [-0.25, -0.2) is 9.98 Å². The Kier molecular flexibility index (Phi) is 5.76. The molecule has 6 nitrogen and oxygen atoms in total. The van der Waals surface area contributed by atoms with E-state index in [0.717, 1.165) is 36.2 Å². The molecule has 1 atom stereocenters. The summed E-state index contributed by atoms with van der Waals surface area (Å²) < 4.78 is 0. The van der Waals surface area contributed by atoms with Gasteiger partial charge >= 0.3 is 0 Å². The number of hydrogen-bond acceptors (Lipinski definition) is 4. The highest BCUT2D eigenvalue weighted by atomic mass is 32.1. The van der Waals surface area contributed by atoms with Crippen LogP contribution in [-0.2, 0) is 11.3 Å². The molecule has 1 unspecified atom stereocenters. The third-order valence-corrected chi connectivity index (χ3v) is 4.81. The van der Waals surface area contributed by atoms with Crippen molar-refractivity contribution in [2.75, 3.05) is 20.1 Å². The Labute approximate surface area is 136 Å². The number of thiazole rings is 1. The predicted octanol–water partition coefficient (Wildman–Crippen LogP) is 1.44. The highest BCUT2D eigenvalue weighted by Crippen LogP contribution is 2.17. The fourth-order valence-corrected chi connectivity index (χ4v) is 3.26. The van der Waals surface area contributed by atoms with Gasteiger partial charge in [0.25, 0.3) is 0 Å². The number of aliphatic imine (C=N–C) groups is 1. The largest absolute Gasteiger partial charge is 0.357 e. The molecule has 0 bridgehead atoms. The molecule has 2 heterocycles. The lowest BCUT2D eigenvalue weighted by Crippen LogP contribution is -2.51. The summed E-state index contributed by atoms with van der Waals surface area (Å²) >= 11 is 1.69. The van der Waals surface area contributed by atoms with Crippen LogP contribution in [0.3, 0.4) is 0 Å². The van der Waals surface area contributed by atoms with E-state index in [1.165, 1.54) is 4.88 Å². The fraction of sp³-hybridized carbons (Fsp3) is 0.667. The molecule has 1 aromatic rings. The Morgan fingerprint density at radius 1 is 1.50 bits per heavy atom. The minimum absolute atomic E-state index is 0.216. The Bertz CT molecular complexity index is 535. The molecular weight excluding hydrogens is 298 g/mol. The summed E-state index contributed by atoms with van der Waals surface area (Å²) in [6.45, 7) is 8.26. The van der Waals surface area contributed by atoms with Crippen molar-refractivity contribution in [1.29, 1.82) is 0 Å². The van der Waals surface area contributed by atoms with Gasteiger partial charge in [0.05, 0.1) is 12.2 Å². The third-order valence-electron chi connectivity index (χ3n) is 3.76.